The van der Waals surface area contributed by atoms with Gasteiger partial charge in [-0.25, -0.2) is 0 Å². The molecule has 0 fully saturated rings. The first-order chi connectivity index (χ1) is 2.50. The first kappa shape index (κ1) is 5.90. The first-order valence-electron chi connectivity index (χ1n) is 1.47. The molecule has 0 saturated heterocycles. The van der Waals surface area contributed by atoms with Crippen molar-refractivity contribution in [3.05, 3.63) is 24.7 Å². The van der Waals surface area contributed by atoms with Gasteiger partial charge in [0.2, 0.25) is 0 Å². The molecule has 0 bridgehead atoms. The Labute approximate surface area is 49.1 Å². The summed E-state index contributed by atoms with van der Waals surface area (Å²) < 4.78 is 4.58. The van der Waals surface area contributed by atoms with Crippen molar-refractivity contribution in [1.29, 1.82) is 0 Å². The predicted molar refractivity (Wildman–Crippen MR) is 18.7 cm³/mol. The first-order valence-corrected chi connectivity index (χ1v) is 1.47. The minimum Gasteiger partial charge on any atom is -0.473 e. The van der Waals surface area contributed by atoms with Gasteiger partial charge in [0.15, 0.2) is 0 Å². The number of furan rings is 1. The van der Waals surface area contributed by atoms with Gasteiger partial charge in [-0.05, 0) is 12.1 Å². The fraction of sp³-hybridized carbons (Fsp3) is 0. The molecule has 1 nitrogen and oxygen atoms in total. The molecule has 0 atom stereocenters. The quantitative estimate of drug-likeness (QED) is 0.533. The molecule has 2 heteroatoms. The summed E-state index contributed by atoms with van der Waals surface area (Å²) in [4.78, 5) is 0. The average molecular weight is 169 g/mol. The second-order valence-electron chi connectivity index (χ2n) is 0.793. The van der Waals surface area contributed by atoms with Crippen LogP contribution in [0.3, 0.4) is 0 Å². The summed E-state index contributed by atoms with van der Waals surface area (Å²) in [6.45, 7) is 0. The molecule has 0 aliphatic heterocycles. The molecule has 0 amide bonds. The smallest absolute Gasteiger partial charge is 0.0902 e. The van der Waals surface area contributed by atoms with Gasteiger partial charge in [0.1, 0.15) is 0 Å². The Morgan fingerprint density at radius 1 is 1.00 bits per heavy atom. The zero-order chi connectivity index (χ0) is 3.54. The molecule has 0 spiro atoms. The topological polar surface area (TPSA) is 13.1 Å². The molecule has 0 aliphatic rings. The van der Waals surface area contributed by atoms with E-state index in [1.54, 1.807) is 12.5 Å². The second kappa shape index (κ2) is 3.11. The Balaban J connectivity index is 0.000000250. The van der Waals surface area contributed by atoms with Crippen LogP contribution in [-0.2, 0) is 19.5 Å². The fourth-order valence-corrected chi connectivity index (χ4v) is 0.227. The third-order valence-electron chi connectivity index (χ3n) is 0.425. The van der Waals surface area contributed by atoms with Gasteiger partial charge in [0, 0.05) is 19.5 Å². The Hall–Kier alpha value is -0.0966. The Bertz CT molecular complexity index is 64.0. The van der Waals surface area contributed by atoms with Crippen LogP contribution in [0.1, 0.15) is 0 Å². The molecular formula is C4H4ORu. The van der Waals surface area contributed by atoms with Crippen molar-refractivity contribution in [2.75, 3.05) is 0 Å². The van der Waals surface area contributed by atoms with Crippen molar-refractivity contribution < 1.29 is 23.9 Å². The molecule has 1 heterocycles. The summed E-state index contributed by atoms with van der Waals surface area (Å²) in [6.07, 6.45) is 3.25. The van der Waals surface area contributed by atoms with Gasteiger partial charge in [-0.15, -0.1) is 0 Å². The maximum atomic E-state index is 4.58. The number of hydrogen-bond donors (Lipinski definition) is 0. The van der Waals surface area contributed by atoms with Crippen LogP contribution in [0.4, 0.5) is 0 Å². The summed E-state index contributed by atoms with van der Waals surface area (Å²) >= 11 is 0. The van der Waals surface area contributed by atoms with Gasteiger partial charge >= 0.3 is 0 Å². The van der Waals surface area contributed by atoms with Gasteiger partial charge in [-0.3, -0.25) is 0 Å². The van der Waals surface area contributed by atoms with Crippen LogP contribution >= 0.6 is 0 Å². The number of hydrogen-bond acceptors (Lipinski definition) is 1. The van der Waals surface area contributed by atoms with Crippen LogP contribution < -0.4 is 0 Å². The summed E-state index contributed by atoms with van der Waals surface area (Å²) in [6, 6.07) is 3.67. The summed E-state index contributed by atoms with van der Waals surface area (Å²) in [5, 5.41) is 0. The van der Waals surface area contributed by atoms with E-state index >= 15 is 0 Å². The van der Waals surface area contributed by atoms with Crippen molar-refractivity contribution in [3.8, 4) is 0 Å². The largest absolute Gasteiger partial charge is 0.473 e. The van der Waals surface area contributed by atoms with E-state index in [4.69, 9.17) is 0 Å². The molecule has 0 N–H and O–H groups in total. The minimum absolute atomic E-state index is 0. The van der Waals surface area contributed by atoms with Gasteiger partial charge in [-0.1, -0.05) is 0 Å². The molecular weight excluding hydrogens is 165 g/mol. The van der Waals surface area contributed by atoms with Gasteiger partial charge < -0.3 is 4.42 Å². The summed E-state index contributed by atoms with van der Waals surface area (Å²) in [5.41, 5.74) is 0. The molecule has 0 aliphatic carbocycles. The maximum Gasteiger partial charge on any atom is 0.0902 e. The molecule has 1 rings (SSSR count). The molecule has 1 aromatic rings. The zero-order valence-electron chi connectivity index (χ0n) is 3.07. The van der Waals surface area contributed by atoms with Crippen LogP contribution in [0.25, 0.3) is 0 Å². The summed E-state index contributed by atoms with van der Waals surface area (Å²) in [5.74, 6) is 0. The van der Waals surface area contributed by atoms with Crippen molar-refractivity contribution >= 4 is 0 Å². The Kier molecular flexibility index (Phi) is 3.06. The standard InChI is InChI=1S/C4H4O.Ru/c1-2-4-5-3-1;/h1-4H;. The average Bonchev–Trinajstić information content (AvgIpc) is 1.76. The van der Waals surface area contributed by atoms with Crippen molar-refractivity contribution in [3.63, 3.8) is 0 Å². The van der Waals surface area contributed by atoms with E-state index in [2.05, 4.69) is 4.42 Å². The van der Waals surface area contributed by atoms with Crippen LogP contribution in [0.5, 0.6) is 0 Å². The van der Waals surface area contributed by atoms with Crippen molar-refractivity contribution in [1.82, 2.24) is 0 Å². The van der Waals surface area contributed by atoms with Crippen LogP contribution in [-0.4, -0.2) is 0 Å². The van der Waals surface area contributed by atoms with E-state index in [1.807, 2.05) is 12.1 Å². The van der Waals surface area contributed by atoms with Crippen LogP contribution in [0.2, 0.25) is 0 Å². The molecule has 0 radical (unpaired) electrons. The van der Waals surface area contributed by atoms with Crippen molar-refractivity contribution in [2.45, 2.75) is 0 Å². The zero-order valence-corrected chi connectivity index (χ0v) is 4.81. The Morgan fingerprint density at radius 3 is 1.67 bits per heavy atom. The third kappa shape index (κ3) is 1.37. The van der Waals surface area contributed by atoms with Gasteiger partial charge in [0.05, 0.1) is 12.5 Å². The SMILES string of the molecule is [Ru].c1ccoc1. The normalized spacial score (nSPS) is 6.67. The van der Waals surface area contributed by atoms with Crippen LogP contribution in [0.15, 0.2) is 29.1 Å². The van der Waals surface area contributed by atoms with E-state index in [0.29, 0.717) is 0 Å². The molecule has 0 aromatic carbocycles. The fourth-order valence-electron chi connectivity index (χ4n) is 0.227. The Morgan fingerprint density at radius 2 is 1.50 bits per heavy atom. The maximum absolute atomic E-state index is 4.58. The number of rotatable bonds is 0. The van der Waals surface area contributed by atoms with Crippen molar-refractivity contribution in [2.24, 2.45) is 0 Å². The molecule has 1 aromatic heterocycles. The van der Waals surface area contributed by atoms with E-state index in [1.165, 1.54) is 0 Å². The van der Waals surface area contributed by atoms with E-state index in [0.717, 1.165) is 0 Å². The minimum atomic E-state index is 0. The van der Waals surface area contributed by atoms with E-state index in [9.17, 15) is 0 Å². The molecule has 34 valence electrons. The molecule has 6 heavy (non-hydrogen) atoms. The third-order valence-corrected chi connectivity index (χ3v) is 0.425. The molecule has 0 saturated carbocycles. The molecule has 0 unspecified atom stereocenters. The van der Waals surface area contributed by atoms with Crippen LogP contribution in [0, 0.1) is 0 Å². The van der Waals surface area contributed by atoms with Gasteiger partial charge in [-0.2, -0.15) is 0 Å². The predicted octanol–water partition coefficient (Wildman–Crippen LogP) is 1.28. The van der Waals surface area contributed by atoms with Gasteiger partial charge in [0.25, 0.3) is 0 Å². The van der Waals surface area contributed by atoms with E-state index in [-0.39, 0.29) is 19.5 Å². The van der Waals surface area contributed by atoms with E-state index < -0.39 is 0 Å². The summed E-state index contributed by atoms with van der Waals surface area (Å²) in [7, 11) is 0. The monoisotopic (exact) mass is 170 g/mol. The second-order valence-corrected chi connectivity index (χ2v) is 0.793.